The molecule has 0 bridgehead atoms. The van der Waals surface area contributed by atoms with Gasteiger partial charge in [-0.15, -0.1) is 0 Å². The highest BCUT2D eigenvalue weighted by Gasteiger charge is 2.53. The third-order valence-corrected chi connectivity index (χ3v) is 5.49. The molecule has 3 rings (SSSR count). The van der Waals surface area contributed by atoms with Crippen LogP contribution in [0.2, 0.25) is 0 Å². The molecule has 1 N–H and O–H groups in total. The largest absolute Gasteiger partial charge is 0.459 e. The normalized spacial score (nSPS) is 21.9. The van der Waals surface area contributed by atoms with E-state index in [1.165, 1.54) is 0 Å². The van der Waals surface area contributed by atoms with E-state index >= 15 is 0 Å². The first-order chi connectivity index (χ1) is 13.2. The summed E-state index contributed by atoms with van der Waals surface area (Å²) in [6, 6.07) is 9.34. The highest BCUT2D eigenvalue weighted by atomic mass is 16.6. The van der Waals surface area contributed by atoms with E-state index in [4.69, 9.17) is 9.47 Å². The predicted molar refractivity (Wildman–Crippen MR) is 107 cm³/mol. The van der Waals surface area contributed by atoms with Crippen LogP contribution >= 0.6 is 0 Å². The Labute approximate surface area is 167 Å². The van der Waals surface area contributed by atoms with E-state index in [2.05, 4.69) is 5.32 Å². The molecule has 2 atom stereocenters. The highest BCUT2D eigenvalue weighted by molar-refractivity contribution is 5.76. The maximum absolute atomic E-state index is 12.4. The third-order valence-electron chi connectivity index (χ3n) is 5.49. The third kappa shape index (κ3) is 5.25. The molecule has 2 aliphatic rings. The number of nitrogens with one attached hydrogen (secondary N) is 1. The number of rotatable bonds is 6. The second kappa shape index (κ2) is 8.11. The van der Waals surface area contributed by atoms with Gasteiger partial charge in [0, 0.05) is 18.6 Å². The van der Waals surface area contributed by atoms with Gasteiger partial charge in [0.1, 0.15) is 18.2 Å². The van der Waals surface area contributed by atoms with Crippen LogP contribution in [0.4, 0.5) is 4.79 Å². The Morgan fingerprint density at radius 2 is 1.93 bits per heavy atom. The van der Waals surface area contributed by atoms with Gasteiger partial charge in [0.25, 0.3) is 0 Å². The van der Waals surface area contributed by atoms with Crippen molar-refractivity contribution in [2.45, 2.75) is 70.7 Å². The van der Waals surface area contributed by atoms with E-state index < -0.39 is 5.60 Å². The summed E-state index contributed by atoms with van der Waals surface area (Å²) in [5.74, 6) is 0.109. The molecule has 1 aliphatic carbocycles. The molecule has 6 nitrogen and oxygen atoms in total. The fourth-order valence-corrected chi connectivity index (χ4v) is 3.87. The monoisotopic (exact) mass is 388 g/mol. The Morgan fingerprint density at radius 1 is 1.25 bits per heavy atom. The van der Waals surface area contributed by atoms with Crippen molar-refractivity contribution in [2.75, 3.05) is 13.1 Å². The molecule has 28 heavy (non-hydrogen) atoms. The Bertz CT molecular complexity index is 694. The van der Waals surface area contributed by atoms with Crippen LogP contribution in [0.3, 0.4) is 0 Å². The van der Waals surface area contributed by atoms with Gasteiger partial charge in [-0.05, 0) is 58.4 Å². The molecule has 1 aromatic rings. The molecule has 0 spiro atoms. The second-order valence-electron chi connectivity index (χ2n) is 9.03. The highest BCUT2D eigenvalue weighted by Crippen LogP contribution is 2.46. The van der Waals surface area contributed by atoms with Crippen molar-refractivity contribution in [1.82, 2.24) is 10.2 Å². The zero-order valence-electron chi connectivity index (χ0n) is 17.4. The summed E-state index contributed by atoms with van der Waals surface area (Å²) in [5.41, 5.74) is 0.430. The Kier molecular flexibility index (Phi) is 5.98. The van der Waals surface area contributed by atoms with Crippen LogP contribution in [0.15, 0.2) is 30.3 Å². The summed E-state index contributed by atoms with van der Waals surface area (Å²) in [6.07, 6.45) is 2.71. The van der Waals surface area contributed by atoms with Gasteiger partial charge >= 0.3 is 12.1 Å². The fourth-order valence-electron chi connectivity index (χ4n) is 3.87. The van der Waals surface area contributed by atoms with Crippen LogP contribution < -0.4 is 5.32 Å². The average molecular weight is 389 g/mol. The standard InChI is InChI=1S/C22H32N2O4/c1-16(19(25)28-21(2,3)4)23-22(11-12-22)18-10-13-24(14-18)20(26)27-15-17-8-6-5-7-9-17/h5-9,16,18,23H,10-15H2,1-4H3/t16-,18-/m1/s1. The minimum Gasteiger partial charge on any atom is -0.459 e. The quantitative estimate of drug-likeness (QED) is 0.756. The summed E-state index contributed by atoms with van der Waals surface area (Å²) in [5, 5.41) is 3.50. The van der Waals surface area contributed by atoms with Crippen molar-refractivity contribution in [3.63, 3.8) is 0 Å². The van der Waals surface area contributed by atoms with Crippen molar-refractivity contribution < 1.29 is 19.1 Å². The van der Waals surface area contributed by atoms with Gasteiger partial charge < -0.3 is 14.4 Å². The summed E-state index contributed by atoms with van der Waals surface area (Å²) >= 11 is 0. The maximum Gasteiger partial charge on any atom is 0.410 e. The fraction of sp³-hybridized carbons (Fsp3) is 0.636. The van der Waals surface area contributed by atoms with Gasteiger partial charge in [-0.2, -0.15) is 0 Å². The number of likely N-dealkylation sites (tertiary alicyclic amines) is 1. The number of carbonyl (C=O) groups excluding carboxylic acids is 2. The van der Waals surface area contributed by atoms with Gasteiger partial charge in [-0.3, -0.25) is 10.1 Å². The minimum atomic E-state index is -0.490. The molecule has 0 unspecified atom stereocenters. The lowest BCUT2D eigenvalue weighted by molar-refractivity contribution is -0.157. The first kappa shape index (κ1) is 20.6. The van der Waals surface area contributed by atoms with Gasteiger partial charge in [0.05, 0.1) is 0 Å². The molecule has 0 radical (unpaired) electrons. The number of benzene rings is 1. The van der Waals surface area contributed by atoms with Crippen LogP contribution in [-0.4, -0.2) is 47.2 Å². The van der Waals surface area contributed by atoms with Gasteiger partial charge in [0.15, 0.2) is 0 Å². The van der Waals surface area contributed by atoms with Crippen molar-refractivity contribution in [1.29, 1.82) is 0 Å². The first-order valence-electron chi connectivity index (χ1n) is 10.1. The number of nitrogens with zero attached hydrogens (tertiary/aromatic N) is 1. The van der Waals surface area contributed by atoms with Crippen LogP contribution in [0.25, 0.3) is 0 Å². The van der Waals surface area contributed by atoms with Crippen LogP contribution in [0.5, 0.6) is 0 Å². The summed E-state index contributed by atoms with van der Waals surface area (Å²) in [6.45, 7) is 9.14. The lowest BCUT2D eigenvalue weighted by atomic mass is 9.95. The number of hydrogen-bond donors (Lipinski definition) is 1. The molecule has 2 fully saturated rings. The topological polar surface area (TPSA) is 67.9 Å². The minimum absolute atomic E-state index is 0.0647. The van der Waals surface area contributed by atoms with Crippen molar-refractivity contribution >= 4 is 12.1 Å². The van der Waals surface area contributed by atoms with E-state index in [0.29, 0.717) is 25.6 Å². The van der Waals surface area contributed by atoms with E-state index in [9.17, 15) is 9.59 Å². The predicted octanol–water partition coefficient (Wildman–Crippen LogP) is 3.50. The molecule has 1 saturated carbocycles. The second-order valence-corrected chi connectivity index (χ2v) is 9.03. The Morgan fingerprint density at radius 3 is 2.54 bits per heavy atom. The molecule has 1 heterocycles. The molecular formula is C22H32N2O4. The zero-order valence-corrected chi connectivity index (χ0v) is 17.4. The van der Waals surface area contributed by atoms with E-state index in [0.717, 1.165) is 24.8 Å². The van der Waals surface area contributed by atoms with E-state index in [1.54, 1.807) is 4.90 Å². The number of carbonyl (C=O) groups is 2. The number of amides is 1. The van der Waals surface area contributed by atoms with E-state index in [-0.39, 0.29) is 23.6 Å². The van der Waals surface area contributed by atoms with Crippen molar-refractivity contribution in [2.24, 2.45) is 5.92 Å². The van der Waals surface area contributed by atoms with Gasteiger partial charge in [-0.1, -0.05) is 30.3 Å². The molecule has 1 aliphatic heterocycles. The molecule has 1 aromatic carbocycles. The van der Waals surface area contributed by atoms with Crippen LogP contribution in [0.1, 0.15) is 52.5 Å². The smallest absolute Gasteiger partial charge is 0.410 e. The molecule has 154 valence electrons. The van der Waals surface area contributed by atoms with Crippen LogP contribution in [-0.2, 0) is 20.9 Å². The van der Waals surface area contributed by atoms with E-state index in [1.807, 2.05) is 58.0 Å². The molecule has 1 saturated heterocycles. The Balaban J connectivity index is 1.49. The first-order valence-corrected chi connectivity index (χ1v) is 10.1. The van der Waals surface area contributed by atoms with Crippen molar-refractivity contribution in [3.8, 4) is 0 Å². The lowest BCUT2D eigenvalue weighted by Crippen LogP contribution is -2.49. The lowest BCUT2D eigenvalue weighted by Gasteiger charge is -2.29. The molecule has 0 aromatic heterocycles. The number of esters is 1. The Hall–Kier alpha value is -2.08. The SMILES string of the molecule is C[C@@H](NC1([C@@H]2CCN(C(=O)OCc3ccccc3)C2)CC1)C(=O)OC(C)(C)C. The summed E-state index contributed by atoms with van der Waals surface area (Å²) in [7, 11) is 0. The molecule has 6 heteroatoms. The maximum atomic E-state index is 12.4. The van der Waals surface area contributed by atoms with Crippen molar-refractivity contribution in [3.05, 3.63) is 35.9 Å². The number of ether oxygens (including phenoxy) is 2. The average Bonchev–Trinajstić information content (AvgIpc) is 3.23. The zero-order chi connectivity index (χ0) is 20.4. The molecule has 1 amide bonds. The number of hydrogen-bond acceptors (Lipinski definition) is 5. The summed E-state index contributed by atoms with van der Waals surface area (Å²) in [4.78, 5) is 26.5. The van der Waals surface area contributed by atoms with Gasteiger partial charge in [-0.25, -0.2) is 4.79 Å². The summed E-state index contributed by atoms with van der Waals surface area (Å²) < 4.78 is 10.9. The van der Waals surface area contributed by atoms with Crippen LogP contribution in [0, 0.1) is 5.92 Å². The van der Waals surface area contributed by atoms with Gasteiger partial charge in [0.2, 0.25) is 0 Å². The molecular weight excluding hydrogens is 356 g/mol.